The van der Waals surface area contributed by atoms with E-state index >= 15 is 0 Å². The highest BCUT2D eigenvalue weighted by atomic mass is 16.8. The second kappa shape index (κ2) is 4.92. The molecule has 6 nitrogen and oxygen atoms in total. The monoisotopic (exact) mass is 204 g/mol. The van der Waals surface area contributed by atoms with Gasteiger partial charge in [-0.2, -0.15) is 0 Å². The fourth-order valence-electron chi connectivity index (χ4n) is 0.992. The van der Waals surface area contributed by atoms with Crippen LogP contribution in [-0.4, -0.2) is 37.7 Å². The quantitative estimate of drug-likeness (QED) is 0.580. The van der Waals surface area contributed by atoms with E-state index in [1.54, 1.807) is 0 Å². The molecule has 1 fully saturated rings. The Morgan fingerprint density at radius 2 is 1.36 bits per heavy atom. The first kappa shape index (κ1) is 10.9. The number of esters is 2. The standard InChI is InChI=1S/C8H12O6/c1-5(9)13-7-8(14-6(2)10)12-4-3-11-7/h7-8H,3-4H2,1-2H3/t7-,8-/m1/s1. The van der Waals surface area contributed by atoms with E-state index in [9.17, 15) is 9.59 Å². The van der Waals surface area contributed by atoms with Crippen LogP contribution in [0.4, 0.5) is 0 Å². The van der Waals surface area contributed by atoms with Crippen LogP contribution in [0, 0.1) is 0 Å². The molecule has 0 N–H and O–H groups in total. The molecule has 1 saturated heterocycles. The molecule has 0 spiro atoms. The molecule has 1 aliphatic heterocycles. The van der Waals surface area contributed by atoms with Crippen LogP contribution in [0.15, 0.2) is 0 Å². The minimum Gasteiger partial charge on any atom is -0.429 e. The van der Waals surface area contributed by atoms with Crippen molar-refractivity contribution in [2.75, 3.05) is 13.2 Å². The minimum absolute atomic E-state index is 0.301. The first-order chi connectivity index (χ1) is 6.59. The summed E-state index contributed by atoms with van der Waals surface area (Å²) in [5.74, 6) is -1.03. The van der Waals surface area contributed by atoms with Crippen molar-refractivity contribution in [2.45, 2.75) is 26.4 Å². The van der Waals surface area contributed by atoms with Gasteiger partial charge in [0.2, 0.25) is 0 Å². The van der Waals surface area contributed by atoms with Crippen molar-refractivity contribution in [1.82, 2.24) is 0 Å². The Morgan fingerprint density at radius 1 is 1.00 bits per heavy atom. The molecular formula is C8H12O6. The number of hydrogen-bond donors (Lipinski definition) is 0. The average Bonchev–Trinajstić information content (AvgIpc) is 2.06. The summed E-state index contributed by atoms with van der Waals surface area (Å²) in [6.07, 6.45) is -1.93. The second-order valence-corrected chi connectivity index (χ2v) is 2.70. The van der Waals surface area contributed by atoms with Gasteiger partial charge in [-0.1, -0.05) is 0 Å². The van der Waals surface area contributed by atoms with Gasteiger partial charge in [0.15, 0.2) is 0 Å². The molecule has 1 rings (SSSR count). The van der Waals surface area contributed by atoms with Crippen molar-refractivity contribution in [1.29, 1.82) is 0 Å². The van der Waals surface area contributed by atoms with Crippen LogP contribution >= 0.6 is 0 Å². The molecule has 0 aromatic rings. The lowest BCUT2D eigenvalue weighted by molar-refractivity contribution is -0.301. The predicted octanol–water partition coefficient (Wildman–Crippen LogP) is -0.188. The lowest BCUT2D eigenvalue weighted by Crippen LogP contribution is -2.43. The molecule has 0 aromatic carbocycles. The Hall–Kier alpha value is -1.14. The number of rotatable bonds is 2. The third-order valence-electron chi connectivity index (χ3n) is 1.43. The predicted molar refractivity (Wildman–Crippen MR) is 43.0 cm³/mol. The summed E-state index contributed by atoms with van der Waals surface area (Å²) in [6, 6.07) is 0. The van der Waals surface area contributed by atoms with E-state index in [4.69, 9.17) is 18.9 Å². The van der Waals surface area contributed by atoms with E-state index in [1.807, 2.05) is 0 Å². The van der Waals surface area contributed by atoms with Crippen LogP contribution in [0.25, 0.3) is 0 Å². The molecule has 80 valence electrons. The van der Waals surface area contributed by atoms with Gasteiger partial charge in [0.1, 0.15) is 0 Å². The third kappa shape index (κ3) is 3.31. The van der Waals surface area contributed by atoms with Crippen LogP contribution in [0.5, 0.6) is 0 Å². The van der Waals surface area contributed by atoms with Crippen LogP contribution in [0.2, 0.25) is 0 Å². The Labute approximate surface area is 81.1 Å². The molecule has 0 aromatic heterocycles. The Kier molecular flexibility index (Phi) is 3.84. The molecule has 0 bridgehead atoms. The largest absolute Gasteiger partial charge is 0.429 e. The maximum Gasteiger partial charge on any atom is 0.305 e. The van der Waals surface area contributed by atoms with E-state index in [-0.39, 0.29) is 0 Å². The maximum absolute atomic E-state index is 10.6. The molecule has 0 aliphatic carbocycles. The number of carbonyl (C=O) groups excluding carboxylic acids is 2. The van der Waals surface area contributed by atoms with Crippen molar-refractivity contribution in [3.8, 4) is 0 Å². The zero-order chi connectivity index (χ0) is 10.6. The normalized spacial score (nSPS) is 26.7. The van der Waals surface area contributed by atoms with Gasteiger partial charge in [-0.15, -0.1) is 0 Å². The van der Waals surface area contributed by atoms with Gasteiger partial charge in [0.25, 0.3) is 12.6 Å². The van der Waals surface area contributed by atoms with E-state index < -0.39 is 24.5 Å². The molecule has 0 saturated carbocycles. The minimum atomic E-state index is -0.967. The second-order valence-electron chi connectivity index (χ2n) is 2.70. The number of carbonyl (C=O) groups is 2. The van der Waals surface area contributed by atoms with Gasteiger partial charge in [-0.05, 0) is 0 Å². The molecular weight excluding hydrogens is 192 g/mol. The van der Waals surface area contributed by atoms with Crippen molar-refractivity contribution in [2.24, 2.45) is 0 Å². The fourth-order valence-corrected chi connectivity index (χ4v) is 0.992. The van der Waals surface area contributed by atoms with E-state index in [0.717, 1.165) is 0 Å². The van der Waals surface area contributed by atoms with E-state index in [2.05, 4.69) is 0 Å². The fraction of sp³-hybridized carbons (Fsp3) is 0.750. The van der Waals surface area contributed by atoms with Crippen molar-refractivity contribution >= 4 is 11.9 Å². The highest BCUT2D eigenvalue weighted by molar-refractivity contribution is 5.67. The van der Waals surface area contributed by atoms with Crippen molar-refractivity contribution in [3.63, 3.8) is 0 Å². The van der Waals surface area contributed by atoms with Crippen molar-refractivity contribution in [3.05, 3.63) is 0 Å². The van der Waals surface area contributed by atoms with Gasteiger partial charge in [0.05, 0.1) is 13.2 Å². The van der Waals surface area contributed by atoms with E-state index in [0.29, 0.717) is 13.2 Å². The first-order valence-electron chi connectivity index (χ1n) is 4.17. The molecule has 0 unspecified atom stereocenters. The summed E-state index contributed by atoms with van der Waals surface area (Å²) in [5.41, 5.74) is 0. The lowest BCUT2D eigenvalue weighted by atomic mass is 10.5. The van der Waals surface area contributed by atoms with Crippen LogP contribution in [-0.2, 0) is 28.5 Å². The maximum atomic E-state index is 10.6. The molecule has 14 heavy (non-hydrogen) atoms. The summed E-state index contributed by atoms with van der Waals surface area (Å²) in [7, 11) is 0. The first-order valence-corrected chi connectivity index (χ1v) is 4.17. The SMILES string of the molecule is CC(=O)O[C@H]1OCCO[C@@H]1OC(C)=O. The number of hydrogen-bond acceptors (Lipinski definition) is 6. The molecule has 1 heterocycles. The molecule has 0 radical (unpaired) electrons. The highest BCUT2D eigenvalue weighted by Gasteiger charge is 2.32. The summed E-state index contributed by atoms with van der Waals surface area (Å²) in [6.45, 7) is 3.08. The van der Waals surface area contributed by atoms with Crippen LogP contribution < -0.4 is 0 Å². The lowest BCUT2D eigenvalue weighted by Gasteiger charge is -2.29. The Morgan fingerprint density at radius 3 is 1.64 bits per heavy atom. The smallest absolute Gasteiger partial charge is 0.305 e. The van der Waals surface area contributed by atoms with Gasteiger partial charge < -0.3 is 18.9 Å². The molecule has 6 heteroatoms. The summed E-state index contributed by atoms with van der Waals surface area (Å²) >= 11 is 0. The van der Waals surface area contributed by atoms with Crippen LogP contribution in [0.1, 0.15) is 13.8 Å². The third-order valence-corrected chi connectivity index (χ3v) is 1.43. The van der Waals surface area contributed by atoms with Gasteiger partial charge in [0, 0.05) is 13.8 Å². The summed E-state index contributed by atoms with van der Waals surface area (Å²) < 4.78 is 19.6. The van der Waals surface area contributed by atoms with Gasteiger partial charge >= 0.3 is 11.9 Å². The van der Waals surface area contributed by atoms with Crippen molar-refractivity contribution < 1.29 is 28.5 Å². The molecule has 2 atom stereocenters. The van der Waals surface area contributed by atoms with Crippen LogP contribution in [0.3, 0.4) is 0 Å². The molecule has 1 aliphatic rings. The number of ether oxygens (including phenoxy) is 4. The van der Waals surface area contributed by atoms with Gasteiger partial charge in [-0.25, -0.2) is 0 Å². The summed E-state index contributed by atoms with van der Waals surface area (Å²) in [4.78, 5) is 21.3. The Bertz CT molecular complexity index is 202. The highest BCUT2D eigenvalue weighted by Crippen LogP contribution is 2.13. The van der Waals surface area contributed by atoms with Gasteiger partial charge in [-0.3, -0.25) is 9.59 Å². The van der Waals surface area contributed by atoms with E-state index in [1.165, 1.54) is 13.8 Å². The Balaban J connectivity index is 2.49. The molecule has 0 amide bonds. The zero-order valence-electron chi connectivity index (χ0n) is 8.02. The zero-order valence-corrected chi connectivity index (χ0v) is 8.02. The average molecular weight is 204 g/mol. The summed E-state index contributed by atoms with van der Waals surface area (Å²) in [5, 5.41) is 0. The topological polar surface area (TPSA) is 71.1 Å².